The SMILES string of the molecule is Cc1ccccc1C1CC(c2ccccc2Cl)=NN1C(=O)CN1CCC(Cc2ccccc2)CC1. The Morgan fingerprint density at radius 1 is 0.943 bits per heavy atom. The number of carbonyl (C=O) groups is 1. The predicted molar refractivity (Wildman–Crippen MR) is 143 cm³/mol. The van der Waals surface area contributed by atoms with Crippen LogP contribution in [0.15, 0.2) is 84.0 Å². The fraction of sp³-hybridized carbons (Fsp3) is 0.333. The van der Waals surface area contributed by atoms with Gasteiger partial charge in [-0.1, -0.05) is 84.4 Å². The summed E-state index contributed by atoms with van der Waals surface area (Å²) in [7, 11) is 0. The van der Waals surface area contributed by atoms with Crippen LogP contribution in [0.3, 0.4) is 0 Å². The zero-order chi connectivity index (χ0) is 24.2. The molecule has 5 rings (SSSR count). The molecule has 0 saturated carbocycles. The molecule has 0 aromatic heterocycles. The quantitative estimate of drug-likeness (QED) is 0.412. The number of likely N-dealkylation sites (tertiary alicyclic amines) is 1. The first-order chi connectivity index (χ1) is 17.1. The summed E-state index contributed by atoms with van der Waals surface area (Å²) < 4.78 is 0. The van der Waals surface area contributed by atoms with Gasteiger partial charge in [-0.3, -0.25) is 9.69 Å². The van der Waals surface area contributed by atoms with Crippen molar-refractivity contribution < 1.29 is 4.79 Å². The molecule has 1 fully saturated rings. The van der Waals surface area contributed by atoms with E-state index in [0.717, 1.165) is 49.2 Å². The maximum absolute atomic E-state index is 13.6. The van der Waals surface area contributed by atoms with Crippen molar-refractivity contribution in [1.29, 1.82) is 0 Å². The first-order valence-electron chi connectivity index (χ1n) is 12.5. The van der Waals surface area contributed by atoms with Gasteiger partial charge in [0.2, 0.25) is 0 Å². The van der Waals surface area contributed by atoms with Gasteiger partial charge in [-0.15, -0.1) is 0 Å². The molecule has 1 unspecified atom stereocenters. The van der Waals surface area contributed by atoms with Gasteiger partial charge >= 0.3 is 0 Å². The minimum absolute atomic E-state index is 0.0572. The maximum Gasteiger partial charge on any atom is 0.257 e. The highest BCUT2D eigenvalue weighted by Crippen LogP contribution is 2.36. The summed E-state index contributed by atoms with van der Waals surface area (Å²) >= 11 is 6.49. The number of nitrogens with zero attached hydrogens (tertiary/aromatic N) is 3. The number of aryl methyl sites for hydroxylation is 1. The average molecular weight is 486 g/mol. The monoisotopic (exact) mass is 485 g/mol. The number of amides is 1. The van der Waals surface area contributed by atoms with E-state index in [1.54, 1.807) is 5.01 Å². The van der Waals surface area contributed by atoms with Gasteiger partial charge in [0.25, 0.3) is 5.91 Å². The van der Waals surface area contributed by atoms with E-state index >= 15 is 0 Å². The Hall–Kier alpha value is -2.95. The minimum Gasteiger partial charge on any atom is -0.294 e. The molecule has 0 spiro atoms. The molecule has 1 saturated heterocycles. The van der Waals surface area contributed by atoms with E-state index in [4.69, 9.17) is 16.7 Å². The number of benzene rings is 3. The zero-order valence-corrected chi connectivity index (χ0v) is 21.0. The van der Waals surface area contributed by atoms with Crippen molar-refractivity contribution in [3.8, 4) is 0 Å². The number of halogens is 1. The molecule has 4 nitrogen and oxygen atoms in total. The van der Waals surface area contributed by atoms with E-state index in [-0.39, 0.29) is 11.9 Å². The largest absolute Gasteiger partial charge is 0.294 e. The molecule has 2 aliphatic heterocycles. The third-order valence-corrected chi connectivity index (χ3v) is 7.66. The second kappa shape index (κ2) is 10.8. The van der Waals surface area contributed by atoms with Crippen LogP contribution in [-0.4, -0.2) is 41.2 Å². The molecule has 0 aliphatic carbocycles. The zero-order valence-electron chi connectivity index (χ0n) is 20.2. The van der Waals surface area contributed by atoms with Gasteiger partial charge in [-0.25, -0.2) is 5.01 Å². The molecule has 1 amide bonds. The molecule has 3 aromatic rings. The number of piperidine rings is 1. The van der Waals surface area contributed by atoms with Gasteiger partial charge in [-0.05, 0) is 68.0 Å². The summed E-state index contributed by atoms with van der Waals surface area (Å²) in [6, 6.07) is 26.7. The van der Waals surface area contributed by atoms with Crippen LogP contribution < -0.4 is 0 Å². The standard InChI is InChI=1S/C30H32ClN3O/c1-22-9-5-6-12-25(22)29-20-28(26-13-7-8-14-27(26)31)32-34(29)30(35)21-33-17-15-24(16-18-33)19-23-10-3-2-4-11-23/h2-14,24,29H,15-21H2,1H3. The fourth-order valence-electron chi connectivity index (χ4n) is 5.36. The molecule has 180 valence electrons. The lowest BCUT2D eigenvalue weighted by atomic mass is 9.90. The van der Waals surface area contributed by atoms with Crippen molar-refractivity contribution in [3.63, 3.8) is 0 Å². The molecule has 0 radical (unpaired) electrons. The molecule has 5 heteroatoms. The normalized spacial score (nSPS) is 19.1. The highest BCUT2D eigenvalue weighted by atomic mass is 35.5. The van der Waals surface area contributed by atoms with E-state index in [2.05, 4.69) is 54.3 Å². The topological polar surface area (TPSA) is 35.9 Å². The van der Waals surface area contributed by atoms with Crippen molar-refractivity contribution in [2.45, 2.75) is 38.6 Å². The predicted octanol–water partition coefficient (Wildman–Crippen LogP) is 6.28. The lowest BCUT2D eigenvalue weighted by molar-refractivity contribution is -0.134. The Morgan fingerprint density at radius 3 is 2.37 bits per heavy atom. The van der Waals surface area contributed by atoms with E-state index in [1.807, 2.05) is 36.4 Å². The Morgan fingerprint density at radius 2 is 1.63 bits per heavy atom. The number of hydrogen-bond acceptors (Lipinski definition) is 3. The second-order valence-electron chi connectivity index (χ2n) is 9.75. The van der Waals surface area contributed by atoms with Gasteiger partial charge < -0.3 is 0 Å². The second-order valence-corrected chi connectivity index (χ2v) is 10.2. The van der Waals surface area contributed by atoms with Crippen LogP contribution in [-0.2, 0) is 11.2 Å². The van der Waals surface area contributed by atoms with Crippen LogP contribution in [0.5, 0.6) is 0 Å². The average Bonchev–Trinajstić information content (AvgIpc) is 3.32. The number of hydrogen-bond donors (Lipinski definition) is 0. The highest BCUT2D eigenvalue weighted by molar-refractivity contribution is 6.34. The third kappa shape index (κ3) is 5.50. The van der Waals surface area contributed by atoms with Gasteiger partial charge in [-0.2, -0.15) is 5.10 Å². The lowest BCUT2D eigenvalue weighted by Crippen LogP contribution is -2.42. The lowest BCUT2D eigenvalue weighted by Gasteiger charge is -2.33. The van der Waals surface area contributed by atoms with Crippen LogP contribution >= 0.6 is 11.6 Å². The van der Waals surface area contributed by atoms with Crippen LogP contribution in [0.4, 0.5) is 0 Å². The summed E-state index contributed by atoms with van der Waals surface area (Å²) in [6.07, 6.45) is 4.03. The smallest absolute Gasteiger partial charge is 0.257 e. The Kier molecular flexibility index (Phi) is 7.31. The number of rotatable bonds is 6. The molecule has 3 aromatic carbocycles. The molecule has 2 heterocycles. The number of hydrazone groups is 1. The Bertz CT molecular complexity index is 1200. The molecule has 1 atom stereocenters. The summed E-state index contributed by atoms with van der Waals surface area (Å²) in [6.45, 7) is 4.41. The van der Waals surface area contributed by atoms with Crippen molar-refractivity contribution in [1.82, 2.24) is 9.91 Å². The van der Waals surface area contributed by atoms with E-state index in [1.165, 1.54) is 11.1 Å². The van der Waals surface area contributed by atoms with Crippen molar-refractivity contribution in [2.24, 2.45) is 11.0 Å². The molecule has 2 aliphatic rings. The number of carbonyl (C=O) groups excluding carboxylic acids is 1. The van der Waals surface area contributed by atoms with Crippen LogP contribution in [0.1, 0.15) is 47.6 Å². The first-order valence-corrected chi connectivity index (χ1v) is 12.9. The summed E-state index contributed by atoms with van der Waals surface area (Å²) in [4.78, 5) is 15.9. The Labute approximate surface area is 213 Å². The van der Waals surface area contributed by atoms with Gasteiger partial charge in [0.05, 0.1) is 18.3 Å². The van der Waals surface area contributed by atoms with E-state index < -0.39 is 0 Å². The summed E-state index contributed by atoms with van der Waals surface area (Å²) in [5.74, 6) is 0.738. The molecule has 0 bridgehead atoms. The maximum atomic E-state index is 13.6. The van der Waals surface area contributed by atoms with Crippen LogP contribution in [0.2, 0.25) is 5.02 Å². The highest BCUT2D eigenvalue weighted by Gasteiger charge is 2.35. The molecule has 35 heavy (non-hydrogen) atoms. The van der Waals surface area contributed by atoms with E-state index in [0.29, 0.717) is 23.9 Å². The van der Waals surface area contributed by atoms with Crippen LogP contribution in [0.25, 0.3) is 0 Å². The van der Waals surface area contributed by atoms with Gasteiger partial charge in [0, 0.05) is 17.0 Å². The van der Waals surface area contributed by atoms with Crippen molar-refractivity contribution in [3.05, 3.63) is 106 Å². The van der Waals surface area contributed by atoms with Gasteiger partial charge in [0.1, 0.15) is 0 Å². The van der Waals surface area contributed by atoms with E-state index in [9.17, 15) is 4.79 Å². The molecular formula is C30H32ClN3O. The minimum atomic E-state index is -0.106. The van der Waals surface area contributed by atoms with Crippen molar-refractivity contribution >= 4 is 23.2 Å². The fourth-order valence-corrected chi connectivity index (χ4v) is 5.61. The molecular weight excluding hydrogens is 454 g/mol. The first kappa shape index (κ1) is 23.8. The molecule has 0 N–H and O–H groups in total. The summed E-state index contributed by atoms with van der Waals surface area (Å²) in [5.41, 5.74) is 5.51. The van der Waals surface area contributed by atoms with Gasteiger partial charge in [0.15, 0.2) is 0 Å². The Balaban J connectivity index is 1.29. The third-order valence-electron chi connectivity index (χ3n) is 7.33. The van der Waals surface area contributed by atoms with Crippen molar-refractivity contribution in [2.75, 3.05) is 19.6 Å². The summed E-state index contributed by atoms with van der Waals surface area (Å²) in [5, 5.41) is 7.23. The van der Waals surface area contributed by atoms with Crippen LogP contribution in [0, 0.1) is 12.8 Å².